The molecule has 0 saturated carbocycles. The largest absolute Gasteiger partial charge is 0.391 e. The lowest BCUT2D eigenvalue weighted by atomic mass is 9.99. The van der Waals surface area contributed by atoms with Crippen molar-refractivity contribution in [1.29, 1.82) is 0 Å². The lowest BCUT2D eigenvalue weighted by molar-refractivity contribution is 0.150. The molecule has 1 N–H and O–H groups in total. The van der Waals surface area contributed by atoms with E-state index in [0.29, 0.717) is 5.56 Å². The van der Waals surface area contributed by atoms with E-state index in [1.54, 1.807) is 25.5 Å². The zero-order valence-corrected chi connectivity index (χ0v) is 8.76. The zero-order chi connectivity index (χ0) is 11.3. The van der Waals surface area contributed by atoms with Gasteiger partial charge in [-0.05, 0) is 13.0 Å². The Labute approximate surface area is 92.2 Å². The van der Waals surface area contributed by atoms with Gasteiger partial charge in [0.15, 0.2) is 0 Å². The van der Waals surface area contributed by atoms with Crippen LogP contribution in [0.2, 0.25) is 0 Å². The van der Waals surface area contributed by atoms with E-state index in [9.17, 15) is 9.50 Å². The minimum atomic E-state index is -0.647. The topological polar surface area (TPSA) is 38.1 Å². The molecule has 0 bridgehead atoms. The van der Waals surface area contributed by atoms with Gasteiger partial charge in [0.1, 0.15) is 5.82 Å². The molecule has 16 heavy (non-hydrogen) atoms. The van der Waals surface area contributed by atoms with Gasteiger partial charge in [-0.25, -0.2) is 9.37 Å². The van der Waals surface area contributed by atoms with Crippen LogP contribution in [0.4, 0.5) is 4.39 Å². The maximum Gasteiger partial charge on any atom is 0.129 e. The van der Waals surface area contributed by atoms with Gasteiger partial charge in [0.2, 0.25) is 0 Å². The van der Waals surface area contributed by atoms with Crippen LogP contribution in [0.5, 0.6) is 0 Å². The molecule has 2 aromatic rings. The Morgan fingerprint density at radius 3 is 3.06 bits per heavy atom. The molecule has 82 valence electrons. The maximum atomic E-state index is 13.8. The van der Waals surface area contributed by atoms with Gasteiger partial charge in [-0.3, -0.25) is 0 Å². The van der Waals surface area contributed by atoms with E-state index in [1.807, 2.05) is 10.6 Å². The molecule has 0 saturated heterocycles. The number of nitrogens with zero attached hydrogens (tertiary/aromatic N) is 2. The predicted molar refractivity (Wildman–Crippen MR) is 57.4 cm³/mol. The number of aromatic nitrogens is 2. The van der Waals surface area contributed by atoms with Crippen molar-refractivity contribution in [3.63, 3.8) is 0 Å². The van der Waals surface area contributed by atoms with E-state index >= 15 is 0 Å². The Bertz CT molecular complexity index is 548. The minimum absolute atomic E-state index is 0.271. The molecule has 1 aromatic carbocycles. The summed E-state index contributed by atoms with van der Waals surface area (Å²) in [5.41, 5.74) is 2.25. The number of hydrogen-bond acceptors (Lipinski definition) is 2. The molecular weight excluding hydrogens is 207 g/mol. The molecule has 1 aliphatic rings. The summed E-state index contributed by atoms with van der Waals surface area (Å²) >= 11 is 0. The van der Waals surface area contributed by atoms with Crippen LogP contribution in [-0.2, 0) is 0 Å². The Kier molecular flexibility index (Phi) is 1.88. The average Bonchev–Trinajstić information content (AvgIpc) is 2.77. The zero-order valence-electron chi connectivity index (χ0n) is 8.76. The molecule has 3 nitrogen and oxygen atoms in total. The molecule has 1 aromatic heterocycles. The number of imidazole rings is 1. The molecule has 2 heterocycles. The molecule has 0 radical (unpaired) electrons. The monoisotopic (exact) mass is 218 g/mol. The Hall–Kier alpha value is -1.68. The number of aliphatic hydroxyl groups is 1. The van der Waals surface area contributed by atoms with Gasteiger partial charge >= 0.3 is 0 Å². The molecule has 2 unspecified atom stereocenters. The van der Waals surface area contributed by atoms with Crippen molar-refractivity contribution in [3.05, 3.63) is 42.1 Å². The van der Waals surface area contributed by atoms with Crippen LogP contribution in [0.3, 0.4) is 0 Å². The van der Waals surface area contributed by atoms with Crippen LogP contribution in [0.1, 0.15) is 18.5 Å². The van der Waals surface area contributed by atoms with Crippen LogP contribution < -0.4 is 0 Å². The highest BCUT2D eigenvalue weighted by Gasteiger charge is 2.33. The van der Waals surface area contributed by atoms with E-state index in [1.165, 1.54) is 6.07 Å². The van der Waals surface area contributed by atoms with Crippen molar-refractivity contribution in [2.24, 2.45) is 0 Å². The summed E-state index contributed by atoms with van der Waals surface area (Å²) in [6, 6.07) is 4.59. The van der Waals surface area contributed by atoms with Crippen molar-refractivity contribution in [2.75, 3.05) is 0 Å². The summed E-state index contributed by atoms with van der Waals surface area (Å²) in [7, 11) is 0. The van der Waals surface area contributed by atoms with Gasteiger partial charge in [0.05, 0.1) is 30.4 Å². The second-order valence-corrected chi connectivity index (χ2v) is 4.07. The summed E-state index contributed by atoms with van der Waals surface area (Å²) in [5.74, 6) is -0.271. The highest BCUT2D eigenvalue weighted by molar-refractivity contribution is 5.69. The summed E-state index contributed by atoms with van der Waals surface area (Å²) in [4.78, 5) is 4.03. The summed E-state index contributed by atoms with van der Waals surface area (Å²) in [6.45, 7) is 1.66. The number of hydrogen-bond donors (Lipinski definition) is 1. The van der Waals surface area contributed by atoms with Crippen molar-refractivity contribution < 1.29 is 9.50 Å². The van der Waals surface area contributed by atoms with Crippen LogP contribution >= 0.6 is 0 Å². The highest BCUT2D eigenvalue weighted by Crippen LogP contribution is 2.41. The second-order valence-electron chi connectivity index (χ2n) is 4.07. The fraction of sp³-hybridized carbons (Fsp3) is 0.250. The fourth-order valence-electron chi connectivity index (χ4n) is 2.41. The quantitative estimate of drug-likeness (QED) is 0.794. The molecule has 1 aliphatic heterocycles. The smallest absolute Gasteiger partial charge is 0.129 e. The third kappa shape index (κ3) is 1.08. The SMILES string of the molecule is CC(O)C1c2c(F)cccc2-c2cncn21. The van der Waals surface area contributed by atoms with Crippen molar-refractivity contribution in [3.8, 4) is 11.3 Å². The lowest BCUT2D eigenvalue weighted by Gasteiger charge is -2.17. The van der Waals surface area contributed by atoms with E-state index in [0.717, 1.165) is 11.3 Å². The normalized spacial score (nSPS) is 19.3. The van der Waals surface area contributed by atoms with Gasteiger partial charge in [-0.15, -0.1) is 0 Å². The number of aliphatic hydroxyl groups excluding tert-OH is 1. The van der Waals surface area contributed by atoms with E-state index in [2.05, 4.69) is 4.98 Å². The number of fused-ring (bicyclic) bond motifs is 3. The molecule has 0 fully saturated rings. The van der Waals surface area contributed by atoms with Crippen molar-refractivity contribution >= 4 is 0 Å². The second kappa shape index (κ2) is 3.15. The summed E-state index contributed by atoms with van der Waals surface area (Å²) < 4.78 is 15.6. The first-order chi connectivity index (χ1) is 7.70. The predicted octanol–water partition coefficient (Wildman–Crippen LogP) is 1.97. The number of benzene rings is 1. The van der Waals surface area contributed by atoms with Gasteiger partial charge in [-0.2, -0.15) is 0 Å². The third-order valence-corrected chi connectivity index (χ3v) is 3.05. The van der Waals surface area contributed by atoms with Crippen molar-refractivity contribution in [1.82, 2.24) is 9.55 Å². The first kappa shape index (κ1) is 9.54. The molecule has 0 aliphatic carbocycles. The van der Waals surface area contributed by atoms with Crippen LogP contribution in [-0.4, -0.2) is 20.8 Å². The van der Waals surface area contributed by atoms with E-state index in [-0.39, 0.29) is 11.9 Å². The van der Waals surface area contributed by atoms with Crippen LogP contribution in [0.15, 0.2) is 30.7 Å². The highest BCUT2D eigenvalue weighted by atomic mass is 19.1. The average molecular weight is 218 g/mol. The number of halogens is 1. The molecule has 0 spiro atoms. The molecule has 0 amide bonds. The fourth-order valence-corrected chi connectivity index (χ4v) is 2.41. The molecular formula is C12H11FN2O. The maximum absolute atomic E-state index is 13.8. The van der Waals surface area contributed by atoms with Gasteiger partial charge in [-0.1, -0.05) is 12.1 Å². The summed E-state index contributed by atoms with van der Waals surface area (Å²) in [6.07, 6.45) is 2.68. The van der Waals surface area contributed by atoms with E-state index < -0.39 is 6.10 Å². The van der Waals surface area contributed by atoms with Gasteiger partial charge in [0.25, 0.3) is 0 Å². The van der Waals surface area contributed by atoms with Gasteiger partial charge in [0, 0.05) is 11.1 Å². The minimum Gasteiger partial charge on any atom is -0.391 e. The molecule has 2 atom stereocenters. The van der Waals surface area contributed by atoms with Crippen LogP contribution in [0.25, 0.3) is 11.3 Å². The van der Waals surface area contributed by atoms with Gasteiger partial charge < -0.3 is 9.67 Å². The van der Waals surface area contributed by atoms with Crippen LogP contribution in [0, 0.1) is 5.82 Å². The Balaban J connectivity index is 2.32. The van der Waals surface area contributed by atoms with Crippen molar-refractivity contribution in [2.45, 2.75) is 19.1 Å². The third-order valence-electron chi connectivity index (χ3n) is 3.05. The first-order valence-electron chi connectivity index (χ1n) is 5.19. The Morgan fingerprint density at radius 1 is 1.50 bits per heavy atom. The lowest BCUT2D eigenvalue weighted by Crippen LogP contribution is -2.19. The first-order valence-corrected chi connectivity index (χ1v) is 5.19. The summed E-state index contributed by atoms with van der Waals surface area (Å²) in [5, 5.41) is 9.77. The van der Waals surface area contributed by atoms with E-state index in [4.69, 9.17) is 0 Å². The number of rotatable bonds is 1. The molecule has 3 rings (SSSR count). The standard InChI is InChI=1S/C12H11FN2O/c1-7(16)12-11-8(3-2-4-9(11)13)10-5-14-6-15(10)12/h2-7,12,16H,1H3. The molecule has 4 heteroatoms. The Morgan fingerprint density at radius 2 is 2.31 bits per heavy atom.